The number of nitrogens with zero attached hydrogens (tertiary/aromatic N) is 2. The van der Waals surface area contributed by atoms with Gasteiger partial charge in [0.2, 0.25) is 10.0 Å². The van der Waals surface area contributed by atoms with Crippen molar-refractivity contribution < 1.29 is 8.42 Å². The first-order valence-electron chi connectivity index (χ1n) is 6.33. The summed E-state index contributed by atoms with van der Waals surface area (Å²) >= 11 is 0. The Kier molecular flexibility index (Phi) is 2.87. The fraction of sp³-hybridized carbons (Fsp3) is 0.462. The number of fused-ring (bicyclic) bond motifs is 4. The molecule has 1 aromatic heterocycles. The Morgan fingerprint density at radius 2 is 2.05 bits per heavy atom. The average molecular weight is 280 g/mol. The first kappa shape index (κ1) is 12.6. The Bertz CT molecular complexity index is 677. The van der Waals surface area contributed by atoms with Crippen molar-refractivity contribution in [3.63, 3.8) is 0 Å². The summed E-state index contributed by atoms with van der Waals surface area (Å²) in [6, 6.07) is 5.23. The van der Waals surface area contributed by atoms with Crippen LogP contribution < -0.4 is 5.56 Å². The largest absolute Gasteiger partial charge is 0.312 e. The van der Waals surface area contributed by atoms with Crippen molar-refractivity contribution in [2.24, 2.45) is 5.92 Å². The number of pyridine rings is 1. The summed E-state index contributed by atoms with van der Waals surface area (Å²) in [4.78, 5) is 11.8. The van der Waals surface area contributed by atoms with Gasteiger partial charge in [0.05, 0.1) is 0 Å². The van der Waals surface area contributed by atoms with E-state index in [1.807, 2.05) is 6.07 Å². The minimum atomic E-state index is -3.37. The molecule has 0 aliphatic carbocycles. The lowest BCUT2D eigenvalue weighted by atomic mass is 9.84. The van der Waals surface area contributed by atoms with Gasteiger partial charge in [-0.25, -0.2) is 8.42 Å². The summed E-state index contributed by atoms with van der Waals surface area (Å²) in [7, 11) is -3.37. The van der Waals surface area contributed by atoms with Crippen LogP contribution in [0.2, 0.25) is 0 Å². The van der Waals surface area contributed by atoms with Crippen molar-refractivity contribution >= 4 is 10.0 Å². The van der Waals surface area contributed by atoms with Gasteiger partial charge in [-0.05, 0) is 18.4 Å². The van der Waals surface area contributed by atoms with Crippen LogP contribution in [0.3, 0.4) is 0 Å². The summed E-state index contributed by atoms with van der Waals surface area (Å²) < 4.78 is 27.1. The number of rotatable bonds is 2. The number of sulfonamides is 1. The third-order valence-corrected chi connectivity index (χ3v) is 5.46. The molecular formula is C13H16N2O3S. The number of aromatic nitrogens is 1. The highest BCUT2D eigenvalue weighted by atomic mass is 32.2. The molecule has 0 unspecified atom stereocenters. The maximum atomic E-state index is 11.9. The van der Waals surface area contributed by atoms with Crippen LogP contribution in [0.1, 0.15) is 18.0 Å². The topological polar surface area (TPSA) is 59.4 Å². The van der Waals surface area contributed by atoms with Gasteiger partial charge in [-0.2, -0.15) is 4.31 Å². The van der Waals surface area contributed by atoms with Crippen molar-refractivity contribution in [1.29, 1.82) is 0 Å². The van der Waals surface area contributed by atoms with E-state index in [0.717, 1.165) is 17.5 Å². The van der Waals surface area contributed by atoms with Crippen LogP contribution in [0.15, 0.2) is 35.0 Å². The van der Waals surface area contributed by atoms with Crippen LogP contribution in [0.4, 0.5) is 0 Å². The maximum Gasteiger partial charge on any atom is 0.250 e. The zero-order valence-corrected chi connectivity index (χ0v) is 11.3. The number of hydrogen-bond donors (Lipinski definition) is 0. The first-order chi connectivity index (χ1) is 9.01. The molecule has 2 atom stereocenters. The van der Waals surface area contributed by atoms with Gasteiger partial charge in [-0.15, -0.1) is 0 Å². The smallest absolute Gasteiger partial charge is 0.250 e. The zero-order valence-electron chi connectivity index (χ0n) is 10.5. The van der Waals surface area contributed by atoms with Gasteiger partial charge < -0.3 is 4.57 Å². The summed E-state index contributed by atoms with van der Waals surface area (Å²) in [5, 5.41) is 1.01. The second-order valence-corrected chi connectivity index (χ2v) is 7.11. The van der Waals surface area contributed by atoms with E-state index in [-0.39, 0.29) is 17.4 Å². The van der Waals surface area contributed by atoms with E-state index in [2.05, 4.69) is 6.58 Å². The molecule has 0 aromatic carbocycles. The van der Waals surface area contributed by atoms with Gasteiger partial charge >= 0.3 is 0 Å². The van der Waals surface area contributed by atoms with Crippen LogP contribution in [0.25, 0.3) is 0 Å². The number of hydrogen-bond acceptors (Lipinski definition) is 3. The lowest BCUT2D eigenvalue weighted by molar-refractivity contribution is 0.187. The fourth-order valence-electron chi connectivity index (χ4n) is 3.17. The second-order valence-electron chi connectivity index (χ2n) is 5.23. The molecule has 102 valence electrons. The molecule has 0 radical (unpaired) electrons. The minimum absolute atomic E-state index is 0.00669. The predicted octanol–water partition coefficient (Wildman–Crippen LogP) is 0.741. The van der Waals surface area contributed by atoms with Gasteiger partial charge in [0, 0.05) is 42.7 Å². The molecule has 1 saturated heterocycles. The summed E-state index contributed by atoms with van der Waals surface area (Å²) in [6.07, 6.45) is 0.951. The molecule has 2 bridgehead atoms. The molecule has 0 spiro atoms. The molecule has 0 amide bonds. The molecule has 19 heavy (non-hydrogen) atoms. The maximum absolute atomic E-state index is 11.9. The van der Waals surface area contributed by atoms with Crippen molar-refractivity contribution in [3.8, 4) is 0 Å². The van der Waals surface area contributed by atoms with E-state index in [1.165, 1.54) is 4.31 Å². The van der Waals surface area contributed by atoms with Gasteiger partial charge in [0.25, 0.3) is 5.56 Å². The quantitative estimate of drug-likeness (QED) is 0.803. The monoisotopic (exact) mass is 280 g/mol. The van der Waals surface area contributed by atoms with Crippen LogP contribution in [-0.4, -0.2) is 30.4 Å². The molecule has 2 aliphatic heterocycles. The summed E-state index contributed by atoms with van der Waals surface area (Å²) in [6.45, 7) is 4.90. The molecule has 1 fully saturated rings. The van der Waals surface area contributed by atoms with E-state index in [4.69, 9.17) is 0 Å². The Labute approximate surface area is 112 Å². The van der Waals surface area contributed by atoms with Crippen molar-refractivity contribution in [1.82, 2.24) is 8.87 Å². The average Bonchev–Trinajstić information content (AvgIpc) is 2.40. The Hall–Kier alpha value is -1.40. The molecule has 2 aliphatic rings. The predicted molar refractivity (Wildman–Crippen MR) is 72.2 cm³/mol. The van der Waals surface area contributed by atoms with E-state index in [1.54, 1.807) is 16.7 Å². The lowest BCUT2D eigenvalue weighted by Crippen LogP contribution is -2.48. The summed E-state index contributed by atoms with van der Waals surface area (Å²) in [5.41, 5.74) is 0.958. The summed E-state index contributed by atoms with van der Waals surface area (Å²) in [5.74, 6) is 0.317. The highest BCUT2D eigenvalue weighted by Crippen LogP contribution is 2.35. The highest BCUT2D eigenvalue weighted by molar-refractivity contribution is 7.92. The standard InChI is InChI=1S/C13H16N2O3S/c1-2-19(17,18)14-7-10-6-11(9-14)12-4-3-5-13(16)15(12)8-10/h2-5,10-11H,1,6-9H2/t10-,11+/m0/s1. The first-order valence-corrected chi connectivity index (χ1v) is 7.84. The third-order valence-electron chi connectivity index (χ3n) is 4.02. The van der Waals surface area contributed by atoms with E-state index < -0.39 is 10.0 Å². The molecule has 3 rings (SSSR count). The van der Waals surface area contributed by atoms with E-state index in [9.17, 15) is 13.2 Å². The fourth-order valence-corrected chi connectivity index (χ4v) is 4.18. The van der Waals surface area contributed by atoms with E-state index in [0.29, 0.717) is 19.6 Å². The third kappa shape index (κ3) is 2.04. The lowest BCUT2D eigenvalue weighted by Gasteiger charge is -2.41. The van der Waals surface area contributed by atoms with Gasteiger partial charge in [-0.1, -0.05) is 12.6 Å². The van der Waals surface area contributed by atoms with Crippen LogP contribution in [0, 0.1) is 5.92 Å². The van der Waals surface area contributed by atoms with Crippen LogP contribution in [0.5, 0.6) is 0 Å². The van der Waals surface area contributed by atoms with Gasteiger partial charge in [0.1, 0.15) is 0 Å². The highest BCUT2D eigenvalue weighted by Gasteiger charge is 2.37. The normalized spacial score (nSPS) is 26.7. The van der Waals surface area contributed by atoms with Crippen molar-refractivity contribution in [2.45, 2.75) is 18.9 Å². The van der Waals surface area contributed by atoms with Crippen molar-refractivity contribution in [3.05, 3.63) is 46.2 Å². The number of piperidine rings is 1. The Balaban J connectivity index is 2.01. The Morgan fingerprint density at radius 1 is 1.26 bits per heavy atom. The van der Waals surface area contributed by atoms with Crippen LogP contribution in [-0.2, 0) is 16.6 Å². The Morgan fingerprint density at radius 3 is 2.79 bits per heavy atom. The molecule has 3 heterocycles. The molecule has 6 heteroatoms. The molecule has 5 nitrogen and oxygen atoms in total. The molecule has 0 N–H and O–H groups in total. The van der Waals surface area contributed by atoms with Gasteiger partial charge in [-0.3, -0.25) is 4.79 Å². The van der Waals surface area contributed by atoms with Gasteiger partial charge in [0.15, 0.2) is 0 Å². The molecule has 1 aromatic rings. The SMILES string of the molecule is C=CS(=O)(=O)N1C[C@@H]2C[C@H](C1)c1cccc(=O)n1C2. The molecule has 0 saturated carbocycles. The van der Waals surface area contributed by atoms with E-state index >= 15 is 0 Å². The zero-order chi connectivity index (χ0) is 13.6. The van der Waals surface area contributed by atoms with Crippen LogP contribution >= 0.6 is 0 Å². The molecular weight excluding hydrogens is 264 g/mol. The minimum Gasteiger partial charge on any atom is -0.312 e. The van der Waals surface area contributed by atoms with Crippen molar-refractivity contribution in [2.75, 3.05) is 13.1 Å². The second kappa shape index (κ2) is 4.31.